The molecule has 0 spiro atoms. The van der Waals surface area contributed by atoms with Crippen molar-refractivity contribution in [3.8, 4) is 5.75 Å². The molecule has 0 bridgehead atoms. The number of benzene rings is 2. The lowest BCUT2D eigenvalue weighted by Gasteiger charge is -2.21. The molecule has 0 N–H and O–H groups in total. The maximum absolute atomic E-state index is 14.0. The molecule has 1 aliphatic rings. The number of halogens is 2. The summed E-state index contributed by atoms with van der Waals surface area (Å²) >= 11 is 0. The highest BCUT2D eigenvalue weighted by atomic mass is 32.2. The van der Waals surface area contributed by atoms with Crippen LogP contribution in [0.3, 0.4) is 0 Å². The predicted octanol–water partition coefficient (Wildman–Crippen LogP) is 2.65. The van der Waals surface area contributed by atoms with Gasteiger partial charge in [0.05, 0.1) is 23.1 Å². The van der Waals surface area contributed by atoms with Crippen molar-refractivity contribution < 1.29 is 31.5 Å². The van der Waals surface area contributed by atoms with E-state index in [-0.39, 0.29) is 36.1 Å². The molecule has 1 aliphatic heterocycles. The third kappa shape index (κ3) is 5.61. The topological polar surface area (TPSA) is 84.0 Å². The van der Waals surface area contributed by atoms with Crippen molar-refractivity contribution in [3.05, 3.63) is 54.1 Å². The largest absolute Gasteiger partial charge is 0.493 e. The van der Waals surface area contributed by atoms with E-state index in [0.29, 0.717) is 24.8 Å². The maximum atomic E-state index is 14.0. The minimum Gasteiger partial charge on any atom is -0.493 e. The quantitative estimate of drug-likeness (QED) is 0.559. The summed E-state index contributed by atoms with van der Waals surface area (Å²) in [4.78, 5) is 27.8. The van der Waals surface area contributed by atoms with Gasteiger partial charge >= 0.3 is 0 Å². The van der Waals surface area contributed by atoms with Crippen LogP contribution in [0.25, 0.3) is 0 Å². The number of amides is 2. The molecule has 0 radical (unpaired) electrons. The van der Waals surface area contributed by atoms with E-state index in [1.165, 1.54) is 28.0 Å². The second kappa shape index (κ2) is 9.64. The van der Waals surface area contributed by atoms with Gasteiger partial charge in [0.2, 0.25) is 11.8 Å². The lowest BCUT2D eigenvalue weighted by atomic mass is 10.1. The zero-order valence-electron chi connectivity index (χ0n) is 17.8. The first kappa shape index (κ1) is 23.6. The highest BCUT2D eigenvalue weighted by Gasteiger charge is 2.37. The van der Waals surface area contributed by atoms with Gasteiger partial charge in [-0.1, -0.05) is 6.07 Å². The average molecular weight is 467 g/mol. The van der Waals surface area contributed by atoms with Crippen LogP contribution in [0.15, 0.2) is 47.4 Å². The fourth-order valence-corrected chi connectivity index (χ4v) is 4.17. The lowest BCUT2D eigenvalue weighted by Crippen LogP contribution is -2.35. The Kier molecular flexibility index (Phi) is 7.12. The number of anilines is 1. The molecule has 1 heterocycles. The minimum atomic E-state index is -3.33. The van der Waals surface area contributed by atoms with Gasteiger partial charge < -0.3 is 14.5 Å². The van der Waals surface area contributed by atoms with Crippen LogP contribution in [0.2, 0.25) is 0 Å². The van der Waals surface area contributed by atoms with Crippen molar-refractivity contribution in [3.63, 3.8) is 0 Å². The number of carbonyl (C=O) groups excluding carboxylic acids is 2. The number of rotatable bonds is 8. The van der Waals surface area contributed by atoms with Crippen molar-refractivity contribution in [1.29, 1.82) is 0 Å². The standard InChI is InChI=1S/C22H24F2N2O5S/c1-25(9-4-10-31-17-5-3-6-18(13-17)32(2,29)30)22(28)15-11-21(27)26(14-15)20-8-7-16(23)12-19(20)24/h3,5-8,12-13,15H,4,9-11,14H2,1-2H3. The normalized spacial score (nSPS) is 16.3. The van der Waals surface area contributed by atoms with Gasteiger partial charge in [0.1, 0.15) is 17.4 Å². The number of hydrogen-bond donors (Lipinski definition) is 0. The van der Waals surface area contributed by atoms with E-state index in [4.69, 9.17) is 4.74 Å². The van der Waals surface area contributed by atoms with Crippen LogP contribution in [-0.2, 0) is 19.4 Å². The Hall–Kier alpha value is -3.01. The molecule has 7 nitrogen and oxygen atoms in total. The van der Waals surface area contributed by atoms with Crippen LogP contribution >= 0.6 is 0 Å². The van der Waals surface area contributed by atoms with Gasteiger partial charge in [0.15, 0.2) is 9.84 Å². The second-order valence-electron chi connectivity index (χ2n) is 7.71. The summed E-state index contributed by atoms with van der Waals surface area (Å²) in [5.74, 6) is -2.43. The van der Waals surface area contributed by atoms with Crippen LogP contribution in [0.4, 0.5) is 14.5 Å². The predicted molar refractivity (Wildman–Crippen MR) is 114 cm³/mol. The Morgan fingerprint density at radius 3 is 2.66 bits per heavy atom. The Bertz CT molecular complexity index is 1120. The smallest absolute Gasteiger partial charge is 0.227 e. The zero-order valence-corrected chi connectivity index (χ0v) is 18.6. The number of sulfone groups is 1. The molecule has 0 aliphatic carbocycles. The zero-order chi connectivity index (χ0) is 23.5. The second-order valence-corrected chi connectivity index (χ2v) is 9.73. The molecule has 172 valence electrons. The molecule has 3 rings (SSSR count). The van der Waals surface area contributed by atoms with E-state index in [1.807, 2.05) is 0 Å². The third-order valence-electron chi connectivity index (χ3n) is 5.19. The fraction of sp³-hybridized carbons (Fsp3) is 0.364. The van der Waals surface area contributed by atoms with E-state index < -0.39 is 33.3 Å². The van der Waals surface area contributed by atoms with Gasteiger partial charge in [-0.25, -0.2) is 17.2 Å². The van der Waals surface area contributed by atoms with Crippen LogP contribution in [0.1, 0.15) is 12.8 Å². The van der Waals surface area contributed by atoms with Crippen LogP contribution in [0.5, 0.6) is 5.75 Å². The molecule has 1 saturated heterocycles. The maximum Gasteiger partial charge on any atom is 0.227 e. The summed E-state index contributed by atoms with van der Waals surface area (Å²) in [6.45, 7) is 0.654. The SMILES string of the molecule is CN(CCCOc1cccc(S(C)(=O)=O)c1)C(=O)C1CC(=O)N(c2ccc(F)cc2F)C1. The van der Waals surface area contributed by atoms with E-state index in [1.54, 1.807) is 19.2 Å². The first-order chi connectivity index (χ1) is 15.1. The number of hydrogen-bond acceptors (Lipinski definition) is 5. The third-order valence-corrected chi connectivity index (χ3v) is 6.30. The molecular formula is C22H24F2N2O5S. The van der Waals surface area contributed by atoms with Crippen LogP contribution in [-0.4, -0.2) is 58.1 Å². The van der Waals surface area contributed by atoms with Crippen molar-refractivity contribution >= 4 is 27.3 Å². The molecule has 0 aromatic heterocycles. The van der Waals surface area contributed by atoms with E-state index in [2.05, 4.69) is 0 Å². The first-order valence-corrected chi connectivity index (χ1v) is 11.9. The van der Waals surface area contributed by atoms with Gasteiger partial charge in [-0.05, 0) is 36.8 Å². The van der Waals surface area contributed by atoms with Gasteiger partial charge in [0.25, 0.3) is 0 Å². The minimum absolute atomic E-state index is 0.0271. The summed E-state index contributed by atoms with van der Waals surface area (Å²) in [6, 6.07) is 9.13. The highest BCUT2D eigenvalue weighted by Crippen LogP contribution is 2.28. The van der Waals surface area contributed by atoms with E-state index >= 15 is 0 Å². The molecule has 1 atom stereocenters. The van der Waals surface area contributed by atoms with Crippen molar-refractivity contribution in [2.24, 2.45) is 5.92 Å². The number of ether oxygens (including phenoxy) is 1. The fourth-order valence-electron chi connectivity index (χ4n) is 3.51. The molecule has 1 unspecified atom stereocenters. The van der Waals surface area contributed by atoms with Crippen molar-refractivity contribution in [2.75, 3.05) is 37.9 Å². The van der Waals surface area contributed by atoms with E-state index in [9.17, 15) is 26.8 Å². The highest BCUT2D eigenvalue weighted by molar-refractivity contribution is 7.90. The van der Waals surface area contributed by atoms with Gasteiger partial charge in [-0.3, -0.25) is 9.59 Å². The summed E-state index contributed by atoms with van der Waals surface area (Å²) in [5.41, 5.74) is -0.0425. The number of carbonyl (C=O) groups is 2. The molecular weight excluding hydrogens is 442 g/mol. The number of nitrogens with zero attached hydrogens (tertiary/aromatic N) is 2. The summed E-state index contributed by atoms with van der Waals surface area (Å²) in [6.07, 6.45) is 1.56. The molecule has 2 aromatic rings. The van der Waals surface area contributed by atoms with Crippen LogP contribution in [0, 0.1) is 17.6 Å². The lowest BCUT2D eigenvalue weighted by molar-refractivity contribution is -0.134. The molecule has 2 amide bonds. The summed E-state index contributed by atoms with van der Waals surface area (Å²) in [5, 5.41) is 0. The van der Waals surface area contributed by atoms with Crippen molar-refractivity contribution in [2.45, 2.75) is 17.7 Å². The molecule has 2 aromatic carbocycles. The molecule has 1 fully saturated rings. The average Bonchev–Trinajstić information content (AvgIpc) is 3.11. The molecule has 32 heavy (non-hydrogen) atoms. The summed E-state index contributed by atoms with van der Waals surface area (Å²) < 4.78 is 55.9. The molecule has 0 saturated carbocycles. The first-order valence-electron chi connectivity index (χ1n) is 9.99. The monoisotopic (exact) mass is 466 g/mol. The Balaban J connectivity index is 1.50. The summed E-state index contributed by atoms with van der Waals surface area (Å²) in [7, 11) is -1.72. The molecule has 10 heteroatoms. The van der Waals surface area contributed by atoms with E-state index in [0.717, 1.165) is 12.3 Å². The Morgan fingerprint density at radius 1 is 1.22 bits per heavy atom. The Morgan fingerprint density at radius 2 is 1.97 bits per heavy atom. The van der Waals surface area contributed by atoms with Crippen LogP contribution < -0.4 is 9.64 Å². The Labute approximate surface area is 185 Å². The van der Waals surface area contributed by atoms with Gasteiger partial charge in [-0.2, -0.15) is 0 Å². The van der Waals surface area contributed by atoms with Crippen molar-refractivity contribution in [1.82, 2.24) is 4.90 Å². The van der Waals surface area contributed by atoms with Gasteiger partial charge in [0, 0.05) is 38.9 Å². The van der Waals surface area contributed by atoms with Gasteiger partial charge in [-0.15, -0.1) is 0 Å².